The summed E-state index contributed by atoms with van der Waals surface area (Å²) in [5, 5.41) is 6.09. The van der Waals surface area contributed by atoms with E-state index in [2.05, 4.69) is 15.6 Å². The molecule has 1 amide bonds. The van der Waals surface area contributed by atoms with Crippen molar-refractivity contribution in [3.63, 3.8) is 0 Å². The molecule has 1 unspecified atom stereocenters. The third kappa shape index (κ3) is 1.55. The molecule has 74 valence electrons. The van der Waals surface area contributed by atoms with Gasteiger partial charge in [-0.25, -0.2) is 0 Å². The smallest absolute Gasteiger partial charge is 0.229 e. The lowest BCUT2D eigenvalue weighted by Gasteiger charge is -2.09. The Morgan fingerprint density at radius 3 is 3.21 bits per heavy atom. The van der Waals surface area contributed by atoms with Gasteiger partial charge in [-0.1, -0.05) is 6.92 Å². The molecule has 14 heavy (non-hydrogen) atoms. The van der Waals surface area contributed by atoms with Crippen molar-refractivity contribution in [2.75, 3.05) is 17.2 Å². The number of nitrogens with zero attached hydrogens (tertiary/aromatic N) is 1. The topological polar surface area (TPSA) is 54.0 Å². The summed E-state index contributed by atoms with van der Waals surface area (Å²) >= 11 is 0. The van der Waals surface area contributed by atoms with Crippen LogP contribution in [0.3, 0.4) is 0 Å². The van der Waals surface area contributed by atoms with E-state index in [-0.39, 0.29) is 11.8 Å². The van der Waals surface area contributed by atoms with Gasteiger partial charge in [0.05, 0.1) is 23.5 Å². The zero-order valence-corrected chi connectivity index (χ0v) is 8.08. The highest BCUT2D eigenvalue weighted by molar-refractivity contribution is 5.97. The molecule has 2 heterocycles. The van der Waals surface area contributed by atoms with Crippen LogP contribution in [0, 0.1) is 5.92 Å². The van der Waals surface area contributed by atoms with Gasteiger partial charge in [0.15, 0.2) is 0 Å². The number of pyridine rings is 1. The maximum atomic E-state index is 11.6. The second-order valence-electron chi connectivity index (χ2n) is 3.40. The normalized spacial score (nSPS) is 20.4. The number of amides is 1. The van der Waals surface area contributed by atoms with Crippen molar-refractivity contribution in [1.82, 2.24) is 4.98 Å². The number of aromatic nitrogens is 1. The Bertz CT molecular complexity index is 351. The van der Waals surface area contributed by atoms with Gasteiger partial charge >= 0.3 is 0 Å². The minimum atomic E-state index is 0.0439. The fraction of sp³-hybridized carbons (Fsp3) is 0.400. The van der Waals surface area contributed by atoms with E-state index in [9.17, 15) is 4.79 Å². The molecule has 2 rings (SSSR count). The van der Waals surface area contributed by atoms with Gasteiger partial charge in [0.1, 0.15) is 0 Å². The summed E-state index contributed by atoms with van der Waals surface area (Å²) in [6.45, 7) is 2.70. The maximum absolute atomic E-state index is 11.6. The van der Waals surface area contributed by atoms with E-state index in [1.807, 2.05) is 6.92 Å². The van der Waals surface area contributed by atoms with Crippen LogP contribution in [0.5, 0.6) is 0 Å². The summed E-state index contributed by atoms with van der Waals surface area (Å²) in [5.74, 6) is 0.132. The second kappa shape index (κ2) is 3.65. The van der Waals surface area contributed by atoms with Gasteiger partial charge in [-0.3, -0.25) is 9.78 Å². The Kier molecular flexibility index (Phi) is 2.35. The largest absolute Gasteiger partial charge is 0.381 e. The molecule has 0 saturated heterocycles. The van der Waals surface area contributed by atoms with Gasteiger partial charge in [-0.2, -0.15) is 0 Å². The minimum absolute atomic E-state index is 0.0439. The Labute approximate surface area is 82.7 Å². The van der Waals surface area contributed by atoms with Crippen molar-refractivity contribution in [2.45, 2.75) is 13.3 Å². The highest BCUT2D eigenvalue weighted by atomic mass is 16.1. The van der Waals surface area contributed by atoms with Crippen LogP contribution in [0.1, 0.15) is 13.3 Å². The van der Waals surface area contributed by atoms with Crippen molar-refractivity contribution < 1.29 is 4.79 Å². The lowest BCUT2D eigenvalue weighted by Crippen LogP contribution is -2.24. The molecule has 1 atom stereocenters. The summed E-state index contributed by atoms with van der Waals surface area (Å²) in [6.07, 6.45) is 4.25. The second-order valence-corrected chi connectivity index (χ2v) is 3.40. The lowest BCUT2D eigenvalue weighted by molar-refractivity contribution is -0.119. The highest BCUT2D eigenvalue weighted by Gasteiger charge is 2.21. The minimum Gasteiger partial charge on any atom is -0.381 e. The van der Waals surface area contributed by atoms with Crippen LogP contribution in [-0.2, 0) is 4.79 Å². The predicted octanol–water partition coefficient (Wildman–Crippen LogP) is 1.47. The van der Waals surface area contributed by atoms with Gasteiger partial charge in [-0.15, -0.1) is 0 Å². The molecule has 4 nitrogen and oxygen atoms in total. The molecule has 2 N–H and O–H groups in total. The number of carbonyl (C=O) groups excluding carboxylic acids is 1. The third-order valence-electron chi connectivity index (χ3n) is 2.48. The quantitative estimate of drug-likeness (QED) is 0.706. The Balaban J connectivity index is 2.28. The van der Waals surface area contributed by atoms with E-state index in [1.165, 1.54) is 0 Å². The van der Waals surface area contributed by atoms with Crippen molar-refractivity contribution in [3.05, 3.63) is 18.5 Å². The zero-order valence-electron chi connectivity index (χ0n) is 8.08. The molecule has 0 spiro atoms. The van der Waals surface area contributed by atoms with Crippen molar-refractivity contribution in [2.24, 2.45) is 5.92 Å². The van der Waals surface area contributed by atoms with Gasteiger partial charge in [0, 0.05) is 12.7 Å². The average molecular weight is 191 g/mol. The van der Waals surface area contributed by atoms with Crippen molar-refractivity contribution in [1.29, 1.82) is 0 Å². The molecule has 0 aliphatic carbocycles. The molecule has 0 aromatic carbocycles. The Morgan fingerprint density at radius 1 is 1.57 bits per heavy atom. The van der Waals surface area contributed by atoms with Gasteiger partial charge in [0.2, 0.25) is 5.91 Å². The molecule has 0 radical (unpaired) electrons. The summed E-state index contributed by atoms with van der Waals surface area (Å²) in [6, 6.07) is 1.80. The third-order valence-corrected chi connectivity index (χ3v) is 2.48. The van der Waals surface area contributed by atoms with Crippen LogP contribution in [0.25, 0.3) is 0 Å². The molecule has 1 aromatic heterocycles. The summed E-state index contributed by atoms with van der Waals surface area (Å²) in [5.41, 5.74) is 1.72. The van der Waals surface area contributed by atoms with E-state index < -0.39 is 0 Å². The molecule has 1 aromatic rings. The number of carbonyl (C=O) groups is 1. The van der Waals surface area contributed by atoms with E-state index >= 15 is 0 Å². The first kappa shape index (κ1) is 8.99. The summed E-state index contributed by atoms with van der Waals surface area (Å²) in [7, 11) is 0. The average Bonchev–Trinajstić information content (AvgIpc) is 2.36. The molecular weight excluding hydrogens is 178 g/mol. The van der Waals surface area contributed by atoms with Crippen LogP contribution >= 0.6 is 0 Å². The highest BCUT2D eigenvalue weighted by Crippen LogP contribution is 2.24. The number of hydrogen-bond donors (Lipinski definition) is 2. The van der Waals surface area contributed by atoms with Gasteiger partial charge < -0.3 is 10.6 Å². The number of rotatable bonds is 1. The fourth-order valence-corrected chi connectivity index (χ4v) is 1.53. The van der Waals surface area contributed by atoms with Crippen molar-refractivity contribution >= 4 is 17.3 Å². The number of fused-ring (bicyclic) bond motifs is 1. The zero-order chi connectivity index (χ0) is 9.97. The van der Waals surface area contributed by atoms with E-state index in [0.717, 1.165) is 17.8 Å². The van der Waals surface area contributed by atoms with E-state index in [0.29, 0.717) is 6.54 Å². The molecule has 0 saturated carbocycles. The molecule has 0 fully saturated rings. The molecule has 1 aliphatic rings. The summed E-state index contributed by atoms with van der Waals surface area (Å²) < 4.78 is 0. The lowest BCUT2D eigenvalue weighted by atomic mass is 10.1. The first-order valence-corrected chi connectivity index (χ1v) is 4.80. The number of hydrogen-bond acceptors (Lipinski definition) is 3. The van der Waals surface area contributed by atoms with Gasteiger partial charge in [-0.05, 0) is 12.5 Å². The SMILES string of the molecule is CCC1CNc2cnccc2NC1=O. The number of nitrogens with one attached hydrogen (secondary N) is 2. The standard InChI is InChI=1S/C10H13N3O/c1-2-7-5-12-9-6-11-4-3-8(9)13-10(7)14/h3-4,6-7,12H,2,5H2,1H3,(H,13,14). The molecule has 1 aliphatic heterocycles. The fourth-order valence-electron chi connectivity index (χ4n) is 1.53. The van der Waals surface area contributed by atoms with Crippen LogP contribution < -0.4 is 10.6 Å². The molecule has 4 heteroatoms. The first-order chi connectivity index (χ1) is 6.81. The van der Waals surface area contributed by atoms with Gasteiger partial charge in [0.25, 0.3) is 0 Å². The van der Waals surface area contributed by atoms with Crippen LogP contribution in [0.15, 0.2) is 18.5 Å². The Hall–Kier alpha value is -1.58. The van der Waals surface area contributed by atoms with Crippen molar-refractivity contribution in [3.8, 4) is 0 Å². The van der Waals surface area contributed by atoms with E-state index in [4.69, 9.17) is 0 Å². The molecule has 0 bridgehead atoms. The van der Waals surface area contributed by atoms with Crippen LogP contribution in [-0.4, -0.2) is 17.4 Å². The Morgan fingerprint density at radius 2 is 2.43 bits per heavy atom. The summed E-state index contributed by atoms with van der Waals surface area (Å²) in [4.78, 5) is 15.6. The number of anilines is 2. The van der Waals surface area contributed by atoms with E-state index in [1.54, 1.807) is 18.5 Å². The monoisotopic (exact) mass is 191 g/mol. The maximum Gasteiger partial charge on any atom is 0.229 e. The first-order valence-electron chi connectivity index (χ1n) is 4.80. The predicted molar refractivity (Wildman–Crippen MR) is 55.1 cm³/mol. The van der Waals surface area contributed by atoms with Crippen LogP contribution in [0.4, 0.5) is 11.4 Å². The van der Waals surface area contributed by atoms with Crippen LogP contribution in [0.2, 0.25) is 0 Å². The molecular formula is C10H13N3O.